The summed E-state index contributed by atoms with van der Waals surface area (Å²) in [5, 5.41) is 3.48. The Kier molecular flexibility index (Phi) is 6.04. The molecule has 3 rings (SSSR count). The maximum absolute atomic E-state index is 12.1. The second kappa shape index (κ2) is 8.45. The number of nitrogens with one attached hydrogen (secondary N) is 1. The SMILES string of the molecule is CC(=O)N(c1ccccc1)c1nc(C[NH+](C)Cc2cccc(Cl)c2)cs1. The summed E-state index contributed by atoms with van der Waals surface area (Å²) in [4.78, 5) is 19.8. The highest BCUT2D eigenvalue weighted by atomic mass is 35.5. The van der Waals surface area contributed by atoms with Gasteiger partial charge in [0, 0.05) is 22.9 Å². The lowest BCUT2D eigenvalue weighted by molar-refractivity contribution is -0.908. The van der Waals surface area contributed by atoms with Crippen LogP contribution in [0.1, 0.15) is 18.2 Å². The molecule has 0 fully saturated rings. The summed E-state index contributed by atoms with van der Waals surface area (Å²) in [6, 6.07) is 17.5. The molecular weight excluding hydrogens is 366 g/mol. The minimum Gasteiger partial charge on any atom is -0.329 e. The van der Waals surface area contributed by atoms with Crippen LogP contribution in [0.15, 0.2) is 60.0 Å². The molecule has 0 aliphatic carbocycles. The van der Waals surface area contributed by atoms with Crippen molar-refractivity contribution >= 4 is 39.7 Å². The molecule has 2 aromatic carbocycles. The van der Waals surface area contributed by atoms with E-state index in [1.165, 1.54) is 21.8 Å². The molecule has 0 saturated carbocycles. The zero-order valence-electron chi connectivity index (χ0n) is 14.8. The van der Waals surface area contributed by atoms with Crippen molar-refractivity contribution in [1.29, 1.82) is 0 Å². The second-order valence-electron chi connectivity index (χ2n) is 6.25. The fraction of sp³-hybridized carbons (Fsp3) is 0.200. The summed E-state index contributed by atoms with van der Waals surface area (Å²) in [5.74, 6) is -0.0447. The Morgan fingerprint density at radius 2 is 1.92 bits per heavy atom. The zero-order valence-corrected chi connectivity index (χ0v) is 16.3. The number of nitrogens with zero attached hydrogens (tertiary/aromatic N) is 2. The van der Waals surface area contributed by atoms with Gasteiger partial charge >= 0.3 is 0 Å². The number of aromatic nitrogens is 1. The number of anilines is 2. The molecule has 0 aliphatic heterocycles. The summed E-state index contributed by atoms with van der Waals surface area (Å²) in [5.41, 5.74) is 3.01. The van der Waals surface area contributed by atoms with Crippen LogP contribution in [0.2, 0.25) is 5.02 Å². The van der Waals surface area contributed by atoms with Gasteiger partial charge in [0.25, 0.3) is 0 Å². The standard InChI is InChI=1S/C20H20ClN3OS/c1-15(25)24(19-9-4-3-5-10-19)20-22-18(14-26-20)13-23(2)12-16-7-6-8-17(21)11-16/h3-11,14H,12-13H2,1-2H3/p+1. The van der Waals surface area contributed by atoms with E-state index in [1.807, 2.05) is 53.9 Å². The first-order chi connectivity index (χ1) is 12.5. The Hall–Kier alpha value is -2.21. The van der Waals surface area contributed by atoms with Gasteiger partial charge in [-0.15, -0.1) is 11.3 Å². The van der Waals surface area contributed by atoms with Crippen LogP contribution in [-0.2, 0) is 17.9 Å². The summed E-state index contributed by atoms with van der Waals surface area (Å²) in [6.45, 7) is 3.21. The maximum atomic E-state index is 12.1. The molecule has 4 nitrogen and oxygen atoms in total. The molecule has 0 bridgehead atoms. The fourth-order valence-electron chi connectivity index (χ4n) is 2.85. The van der Waals surface area contributed by atoms with E-state index in [1.54, 1.807) is 11.8 Å². The van der Waals surface area contributed by atoms with E-state index in [0.717, 1.165) is 29.5 Å². The van der Waals surface area contributed by atoms with Gasteiger partial charge in [0.1, 0.15) is 18.8 Å². The molecule has 134 valence electrons. The molecule has 1 amide bonds. The molecule has 1 aromatic heterocycles. The van der Waals surface area contributed by atoms with Gasteiger partial charge in [-0.1, -0.05) is 41.9 Å². The molecule has 26 heavy (non-hydrogen) atoms. The largest absolute Gasteiger partial charge is 0.329 e. The van der Waals surface area contributed by atoms with E-state index in [9.17, 15) is 4.79 Å². The van der Waals surface area contributed by atoms with E-state index in [-0.39, 0.29) is 5.91 Å². The van der Waals surface area contributed by atoms with Crippen molar-refractivity contribution in [3.63, 3.8) is 0 Å². The molecule has 0 aliphatic rings. The summed E-state index contributed by atoms with van der Waals surface area (Å²) < 4.78 is 0. The number of hydrogen-bond acceptors (Lipinski definition) is 3. The molecule has 0 spiro atoms. The number of para-hydroxylation sites is 1. The molecule has 1 heterocycles. The van der Waals surface area contributed by atoms with Crippen molar-refractivity contribution in [2.75, 3.05) is 11.9 Å². The van der Waals surface area contributed by atoms with Gasteiger partial charge in [0.2, 0.25) is 5.91 Å². The summed E-state index contributed by atoms with van der Waals surface area (Å²) in [7, 11) is 2.12. The minimum atomic E-state index is -0.0447. The highest BCUT2D eigenvalue weighted by Gasteiger charge is 2.18. The van der Waals surface area contributed by atoms with Crippen LogP contribution in [0, 0.1) is 0 Å². The van der Waals surface area contributed by atoms with Gasteiger partial charge < -0.3 is 4.90 Å². The van der Waals surface area contributed by atoms with Gasteiger partial charge in [0.05, 0.1) is 12.7 Å². The van der Waals surface area contributed by atoms with Gasteiger partial charge in [0.15, 0.2) is 5.13 Å². The van der Waals surface area contributed by atoms with Crippen molar-refractivity contribution in [3.05, 3.63) is 76.3 Å². The molecule has 1 unspecified atom stereocenters. The molecule has 1 atom stereocenters. The Bertz CT molecular complexity index is 882. The van der Waals surface area contributed by atoms with Crippen molar-refractivity contribution < 1.29 is 9.69 Å². The van der Waals surface area contributed by atoms with Crippen LogP contribution in [-0.4, -0.2) is 17.9 Å². The van der Waals surface area contributed by atoms with Crippen LogP contribution < -0.4 is 9.80 Å². The van der Waals surface area contributed by atoms with E-state index < -0.39 is 0 Å². The average molecular weight is 387 g/mol. The number of benzene rings is 2. The van der Waals surface area contributed by atoms with Crippen LogP contribution in [0.5, 0.6) is 0 Å². The first kappa shape index (κ1) is 18.6. The third-order valence-corrected chi connectivity index (χ3v) is 5.05. The normalized spacial score (nSPS) is 12.0. The molecule has 0 radical (unpaired) electrons. The van der Waals surface area contributed by atoms with Crippen LogP contribution in [0.4, 0.5) is 10.8 Å². The molecular formula is C20H21ClN3OS+. The monoisotopic (exact) mass is 386 g/mol. The second-order valence-corrected chi connectivity index (χ2v) is 7.52. The van der Waals surface area contributed by atoms with E-state index in [0.29, 0.717) is 5.13 Å². The first-order valence-electron chi connectivity index (χ1n) is 8.39. The number of quaternary nitrogens is 1. The quantitative estimate of drug-likeness (QED) is 0.701. The van der Waals surface area contributed by atoms with Crippen LogP contribution in [0.25, 0.3) is 0 Å². The van der Waals surface area contributed by atoms with Crippen LogP contribution in [0.3, 0.4) is 0 Å². The lowest BCUT2D eigenvalue weighted by atomic mass is 10.2. The minimum absolute atomic E-state index is 0.0447. The van der Waals surface area contributed by atoms with Gasteiger partial charge in [-0.3, -0.25) is 9.69 Å². The summed E-state index contributed by atoms with van der Waals surface area (Å²) in [6.07, 6.45) is 0. The van der Waals surface area contributed by atoms with Crippen molar-refractivity contribution in [2.45, 2.75) is 20.0 Å². The van der Waals surface area contributed by atoms with E-state index >= 15 is 0 Å². The Labute approximate surface area is 162 Å². The van der Waals surface area contributed by atoms with E-state index in [4.69, 9.17) is 11.6 Å². The zero-order chi connectivity index (χ0) is 18.5. The van der Waals surface area contributed by atoms with Gasteiger partial charge in [-0.25, -0.2) is 4.98 Å². The highest BCUT2D eigenvalue weighted by molar-refractivity contribution is 7.14. The lowest BCUT2D eigenvalue weighted by Gasteiger charge is -2.17. The third kappa shape index (κ3) is 4.69. The van der Waals surface area contributed by atoms with Gasteiger partial charge in [-0.05, 0) is 24.3 Å². The van der Waals surface area contributed by atoms with Crippen molar-refractivity contribution in [1.82, 2.24) is 4.98 Å². The molecule has 1 N–H and O–H groups in total. The predicted octanol–water partition coefficient (Wildman–Crippen LogP) is 3.70. The smallest absolute Gasteiger partial charge is 0.230 e. The predicted molar refractivity (Wildman–Crippen MR) is 107 cm³/mol. The summed E-state index contributed by atoms with van der Waals surface area (Å²) >= 11 is 7.55. The lowest BCUT2D eigenvalue weighted by Crippen LogP contribution is -3.06. The Morgan fingerprint density at radius 3 is 2.62 bits per heavy atom. The number of amides is 1. The average Bonchev–Trinajstić information content (AvgIpc) is 3.03. The molecule has 6 heteroatoms. The number of rotatable bonds is 6. The Morgan fingerprint density at radius 1 is 1.15 bits per heavy atom. The number of carbonyl (C=O) groups is 1. The van der Waals surface area contributed by atoms with Crippen molar-refractivity contribution in [3.8, 4) is 0 Å². The van der Waals surface area contributed by atoms with E-state index in [2.05, 4.69) is 18.1 Å². The topological polar surface area (TPSA) is 37.6 Å². The van der Waals surface area contributed by atoms with Crippen LogP contribution >= 0.6 is 22.9 Å². The maximum Gasteiger partial charge on any atom is 0.230 e. The van der Waals surface area contributed by atoms with Crippen molar-refractivity contribution in [2.24, 2.45) is 0 Å². The highest BCUT2D eigenvalue weighted by Crippen LogP contribution is 2.28. The molecule has 3 aromatic rings. The number of halogens is 1. The number of thiazole rings is 1. The Balaban J connectivity index is 1.71. The van der Waals surface area contributed by atoms with Gasteiger partial charge in [-0.2, -0.15) is 0 Å². The number of hydrogen-bond donors (Lipinski definition) is 1. The molecule has 0 saturated heterocycles. The first-order valence-corrected chi connectivity index (χ1v) is 9.64. The fourth-order valence-corrected chi connectivity index (χ4v) is 3.95. The third-order valence-electron chi connectivity index (χ3n) is 3.94. The number of carbonyl (C=O) groups excluding carboxylic acids is 1.